The molecule has 0 spiro atoms. The van der Waals surface area contributed by atoms with Crippen molar-refractivity contribution >= 4 is 5.82 Å². The minimum absolute atomic E-state index is 0.146. The van der Waals surface area contributed by atoms with Gasteiger partial charge in [-0.15, -0.1) is 0 Å². The zero-order valence-corrected chi connectivity index (χ0v) is 14.0. The third-order valence-corrected chi connectivity index (χ3v) is 3.75. The Morgan fingerprint density at radius 3 is 2.31 bits per heavy atom. The topological polar surface area (TPSA) is 116 Å². The number of aromatic amines is 1. The largest absolute Gasteiger partial charge is 0.488 e. The highest BCUT2D eigenvalue weighted by Gasteiger charge is 2.21. The molecule has 134 valence electrons. The number of nitrogens with one attached hydrogen (secondary N) is 1. The molecule has 2 aromatic rings. The number of aromatic nitrogens is 1. The van der Waals surface area contributed by atoms with Gasteiger partial charge in [0, 0.05) is 5.56 Å². The second-order valence-corrected chi connectivity index (χ2v) is 5.54. The Labute approximate surface area is 148 Å². The fourth-order valence-corrected chi connectivity index (χ4v) is 2.50. The van der Waals surface area contributed by atoms with Crippen LogP contribution < -0.4 is 16.0 Å². The first kappa shape index (κ1) is 18.9. The summed E-state index contributed by atoms with van der Waals surface area (Å²) >= 11 is 0. The van der Waals surface area contributed by atoms with E-state index in [1.807, 2.05) is 6.92 Å². The van der Waals surface area contributed by atoms with Gasteiger partial charge in [-0.2, -0.15) is 10.5 Å². The van der Waals surface area contributed by atoms with E-state index in [1.54, 1.807) is 12.1 Å². The zero-order valence-electron chi connectivity index (χ0n) is 14.0. The van der Waals surface area contributed by atoms with Crippen molar-refractivity contribution in [1.29, 1.82) is 10.5 Å². The van der Waals surface area contributed by atoms with Crippen molar-refractivity contribution in [2.24, 2.45) is 0 Å². The summed E-state index contributed by atoms with van der Waals surface area (Å²) in [7, 11) is 0. The van der Waals surface area contributed by atoms with E-state index >= 15 is 0 Å². The number of hydrogen-bond donors (Lipinski definition) is 2. The number of unbranched alkanes of at least 4 members (excludes halogenated alkanes) is 2. The molecule has 0 saturated heterocycles. The Hall–Kier alpha value is -3.39. The van der Waals surface area contributed by atoms with Crippen LogP contribution in [0.5, 0.6) is 5.75 Å². The van der Waals surface area contributed by atoms with Crippen molar-refractivity contribution in [1.82, 2.24) is 4.98 Å². The first-order chi connectivity index (χ1) is 12.4. The van der Waals surface area contributed by atoms with Crippen LogP contribution in [0, 0.1) is 34.3 Å². The number of nitrogens with zero attached hydrogens (tertiary/aromatic N) is 2. The summed E-state index contributed by atoms with van der Waals surface area (Å²) < 4.78 is 33.8. The first-order valence-electron chi connectivity index (χ1n) is 7.92. The maximum absolute atomic E-state index is 14.3. The van der Waals surface area contributed by atoms with Crippen LogP contribution in [0.4, 0.5) is 14.6 Å². The van der Waals surface area contributed by atoms with Gasteiger partial charge in [0.15, 0.2) is 17.4 Å². The number of nitrogens with two attached hydrogens (primary N) is 1. The minimum atomic E-state index is -0.997. The first-order valence-corrected chi connectivity index (χ1v) is 7.92. The van der Waals surface area contributed by atoms with Gasteiger partial charge in [0.05, 0.1) is 6.61 Å². The number of hydrogen-bond acceptors (Lipinski definition) is 5. The number of benzene rings is 1. The predicted molar refractivity (Wildman–Crippen MR) is 91.3 cm³/mol. The number of ether oxygens (including phenoxy) is 1. The van der Waals surface area contributed by atoms with Crippen LogP contribution in [-0.4, -0.2) is 11.6 Å². The van der Waals surface area contributed by atoms with Crippen molar-refractivity contribution in [3.05, 3.63) is 45.2 Å². The third kappa shape index (κ3) is 3.65. The fraction of sp³-hybridized carbons (Fsp3) is 0.278. The highest BCUT2D eigenvalue weighted by atomic mass is 19.1. The maximum atomic E-state index is 14.3. The van der Waals surface area contributed by atoms with Gasteiger partial charge in [0.25, 0.3) is 5.56 Å². The summed E-state index contributed by atoms with van der Waals surface area (Å²) in [6, 6.07) is 5.21. The smallest absolute Gasteiger partial charge is 0.268 e. The lowest BCUT2D eigenvalue weighted by atomic mass is 9.96. The SMILES string of the molecule is CCCCCOc1c(F)cc(-c2c(C#N)c(N)[nH]c(=O)c2C#N)cc1F. The van der Waals surface area contributed by atoms with E-state index in [9.17, 15) is 24.1 Å². The summed E-state index contributed by atoms with van der Waals surface area (Å²) in [5.41, 5.74) is 3.69. The number of H-pyrrole nitrogens is 1. The molecule has 1 aromatic heterocycles. The van der Waals surface area contributed by atoms with Crippen LogP contribution in [0.2, 0.25) is 0 Å². The monoisotopic (exact) mass is 358 g/mol. The van der Waals surface area contributed by atoms with E-state index in [-0.39, 0.29) is 29.1 Å². The molecule has 2 rings (SSSR count). The normalized spacial score (nSPS) is 10.2. The second kappa shape index (κ2) is 8.13. The molecule has 26 heavy (non-hydrogen) atoms. The van der Waals surface area contributed by atoms with E-state index in [4.69, 9.17) is 10.5 Å². The van der Waals surface area contributed by atoms with Crippen LogP contribution in [0.3, 0.4) is 0 Å². The summed E-state index contributed by atoms with van der Waals surface area (Å²) in [6.07, 6.45) is 2.45. The molecule has 6 nitrogen and oxygen atoms in total. The molecule has 0 aliphatic heterocycles. The number of nitrogen functional groups attached to an aromatic ring is 1. The minimum Gasteiger partial charge on any atom is -0.488 e. The van der Waals surface area contributed by atoms with Crippen LogP contribution in [0.25, 0.3) is 11.1 Å². The Kier molecular flexibility index (Phi) is 5.92. The van der Waals surface area contributed by atoms with E-state index in [2.05, 4.69) is 4.98 Å². The van der Waals surface area contributed by atoms with E-state index < -0.39 is 28.5 Å². The predicted octanol–water partition coefficient (Wildman–Crippen LogP) is 3.21. The Morgan fingerprint density at radius 2 is 1.77 bits per heavy atom. The highest BCUT2D eigenvalue weighted by molar-refractivity contribution is 5.80. The Balaban J connectivity index is 2.57. The van der Waals surface area contributed by atoms with Crippen LogP contribution >= 0.6 is 0 Å². The van der Waals surface area contributed by atoms with Crippen molar-refractivity contribution < 1.29 is 13.5 Å². The standard InChI is InChI=1S/C18H16F2N4O2/c1-2-3-4-5-26-16-13(19)6-10(7-14(16)20)15-11(8-21)17(23)24-18(25)12(15)9-22/h6-7H,2-5H2,1H3,(H3,23,24,25). The van der Waals surface area contributed by atoms with Gasteiger partial charge >= 0.3 is 0 Å². The summed E-state index contributed by atoms with van der Waals surface area (Å²) in [4.78, 5) is 14.1. The van der Waals surface area contributed by atoms with Gasteiger partial charge in [0.2, 0.25) is 0 Å². The summed E-state index contributed by atoms with van der Waals surface area (Å²) in [5, 5.41) is 18.5. The molecule has 1 heterocycles. The molecule has 0 unspecified atom stereocenters. The molecule has 0 bridgehead atoms. The van der Waals surface area contributed by atoms with Crippen LogP contribution in [0.15, 0.2) is 16.9 Å². The molecule has 0 aliphatic carbocycles. The molecule has 0 atom stereocenters. The van der Waals surface area contributed by atoms with E-state index in [1.165, 1.54) is 0 Å². The molecule has 1 aromatic carbocycles. The molecule has 3 N–H and O–H groups in total. The van der Waals surface area contributed by atoms with E-state index in [0.717, 1.165) is 25.0 Å². The maximum Gasteiger partial charge on any atom is 0.268 e. The van der Waals surface area contributed by atoms with Crippen molar-refractivity contribution in [3.8, 4) is 29.0 Å². The molecule has 0 aliphatic rings. The highest BCUT2D eigenvalue weighted by Crippen LogP contribution is 2.33. The quantitative estimate of drug-likeness (QED) is 0.769. The summed E-state index contributed by atoms with van der Waals surface area (Å²) in [5.74, 6) is -2.82. The molecule has 8 heteroatoms. The lowest BCUT2D eigenvalue weighted by molar-refractivity contribution is 0.276. The van der Waals surface area contributed by atoms with Crippen LogP contribution in [-0.2, 0) is 0 Å². The Bertz CT molecular complexity index is 948. The van der Waals surface area contributed by atoms with E-state index in [0.29, 0.717) is 6.42 Å². The van der Waals surface area contributed by atoms with Gasteiger partial charge < -0.3 is 15.5 Å². The van der Waals surface area contributed by atoms with Gasteiger partial charge in [-0.05, 0) is 24.1 Å². The molecule has 0 saturated carbocycles. The summed E-state index contributed by atoms with van der Waals surface area (Å²) in [6.45, 7) is 2.15. The zero-order chi connectivity index (χ0) is 19.3. The lowest BCUT2D eigenvalue weighted by Gasteiger charge is -2.12. The number of halogens is 2. The number of anilines is 1. The molecular weight excluding hydrogens is 342 g/mol. The second-order valence-electron chi connectivity index (χ2n) is 5.54. The van der Waals surface area contributed by atoms with Crippen molar-refractivity contribution in [2.45, 2.75) is 26.2 Å². The molecule has 0 radical (unpaired) electrons. The van der Waals surface area contributed by atoms with Gasteiger partial charge in [-0.25, -0.2) is 8.78 Å². The number of rotatable bonds is 6. The molecule has 0 fully saturated rings. The number of nitriles is 2. The average Bonchev–Trinajstić information content (AvgIpc) is 2.59. The van der Waals surface area contributed by atoms with Crippen molar-refractivity contribution in [2.75, 3.05) is 12.3 Å². The fourth-order valence-electron chi connectivity index (χ4n) is 2.50. The van der Waals surface area contributed by atoms with Gasteiger partial charge in [-0.1, -0.05) is 19.8 Å². The van der Waals surface area contributed by atoms with Crippen molar-refractivity contribution in [3.63, 3.8) is 0 Å². The molecule has 0 amide bonds. The molecular formula is C18H16F2N4O2. The van der Waals surface area contributed by atoms with Gasteiger partial charge in [0.1, 0.15) is 29.1 Å². The van der Waals surface area contributed by atoms with Crippen LogP contribution in [0.1, 0.15) is 37.3 Å². The number of pyridine rings is 1. The van der Waals surface area contributed by atoms with Gasteiger partial charge in [-0.3, -0.25) is 4.79 Å². The average molecular weight is 358 g/mol. The Morgan fingerprint density at radius 1 is 1.15 bits per heavy atom. The third-order valence-electron chi connectivity index (χ3n) is 3.75. The lowest BCUT2D eigenvalue weighted by Crippen LogP contribution is -2.16.